The number of benzene rings is 6. The number of H-pyrrole nitrogens is 1. The van der Waals surface area contributed by atoms with Gasteiger partial charge in [0.25, 0.3) is 5.91 Å². The molecule has 2 heterocycles. The number of aliphatic hydroxyl groups excluding tert-OH is 4. The van der Waals surface area contributed by atoms with E-state index in [-0.39, 0.29) is 85.1 Å². The Kier molecular flexibility index (Phi) is 37.3. The molecule has 11 rings (SSSR count). The van der Waals surface area contributed by atoms with Crippen molar-refractivity contribution in [3.05, 3.63) is 227 Å². The third kappa shape index (κ3) is 25.5. The fraction of sp³-hybridized carbons (Fsp3) is 0.455. The zero-order chi connectivity index (χ0) is 102. The summed E-state index contributed by atoms with van der Waals surface area (Å²) < 4.78 is 37.5. The normalized spacial score (nSPS) is 22.6. The van der Waals surface area contributed by atoms with Crippen LogP contribution < -0.4 is 53.6 Å². The maximum atomic E-state index is 16.1. The maximum Gasteiger partial charge on any atom is 0.350 e. The quantitative estimate of drug-likeness (QED) is 0.00856. The SMILES string of the molecule is CC(=O)O[C@H]1C(=O)[C@@]2(C)C([C@H](OC(=O)c3ccccc3)[C@]3(O)C[C@H](OC(=O)[C@H](OC(=O)CCCC(=O)N[C@H](Cc4ccccc4)C(=O)N[C@@H](CS)C(=O)N[C@@H](Cc4ccccc4)C(=O)N[C@H](Cc4c[nH]c5ccccc45)C(=O)N[C@@H](CCCCN)C(=O)N[C@H](C(=O)N[C@@H](CS)C(=O)N[C@H](CO)[C@@H](C)O)[C@@H](C)O)[C@@H](NC(=O)c4ccccc4)c4ccccc4)C(C)=C1C3(C)C)[C@]1(OC(C)=O)CO[C@@H]1C[C@@H]2O. The Morgan fingerprint density at radius 3 is 1.63 bits per heavy atom. The van der Waals surface area contributed by atoms with Gasteiger partial charge in [-0.25, -0.2) is 9.59 Å². The van der Waals surface area contributed by atoms with Gasteiger partial charge < -0.3 is 113 Å². The van der Waals surface area contributed by atoms with E-state index in [4.69, 9.17) is 34.2 Å². The molecule has 21 atom stereocenters. The van der Waals surface area contributed by atoms with Crippen LogP contribution in [0.3, 0.4) is 0 Å². The van der Waals surface area contributed by atoms with Gasteiger partial charge in [-0.05, 0) is 124 Å². The number of carbonyl (C=O) groups excluding carboxylic acids is 15. The van der Waals surface area contributed by atoms with E-state index < -0.39 is 258 Å². The molecule has 1 aromatic heterocycles. The highest BCUT2D eigenvalue weighted by Gasteiger charge is 2.78. The molecule has 1 aliphatic heterocycles. The van der Waals surface area contributed by atoms with Crippen LogP contribution in [-0.4, -0.2) is 259 Å². The number of para-hydroxylation sites is 1. The van der Waals surface area contributed by atoms with Crippen molar-refractivity contribution >= 4 is 125 Å². The second-order valence-electron chi connectivity index (χ2n) is 36.5. The number of hydrogen-bond acceptors (Lipinski definition) is 29. The van der Waals surface area contributed by atoms with E-state index >= 15 is 19.2 Å². The molecule has 140 heavy (non-hydrogen) atoms. The van der Waals surface area contributed by atoms with E-state index in [9.17, 15) is 78.3 Å². The highest BCUT2D eigenvalue weighted by Crippen LogP contribution is 2.65. The smallest absolute Gasteiger partial charge is 0.350 e. The predicted octanol–water partition coefficient (Wildman–Crippen LogP) is 3.29. The van der Waals surface area contributed by atoms with Crippen molar-refractivity contribution < 1.29 is 126 Å². The minimum atomic E-state index is -2.63. The minimum absolute atomic E-state index is 0.00508. The molecule has 9 amide bonds. The van der Waals surface area contributed by atoms with E-state index in [0.717, 1.165) is 13.8 Å². The Morgan fingerprint density at radius 2 is 1.09 bits per heavy atom. The molecule has 0 spiro atoms. The first-order valence-corrected chi connectivity index (χ1v) is 47.6. The molecule has 1 unspecified atom stereocenters. The highest BCUT2D eigenvalue weighted by molar-refractivity contribution is 7.80. The number of ether oxygens (including phenoxy) is 6. The largest absolute Gasteiger partial charge is 0.455 e. The fourth-order valence-electron chi connectivity index (χ4n) is 18.8. The van der Waals surface area contributed by atoms with Crippen LogP contribution >= 0.6 is 25.3 Å². The summed E-state index contributed by atoms with van der Waals surface area (Å²) in [5, 5.41) is 82.0. The van der Waals surface area contributed by atoms with Crippen LogP contribution in [0.25, 0.3) is 10.9 Å². The number of thiol groups is 2. The summed E-state index contributed by atoms with van der Waals surface area (Å²) in [5.74, 6) is -17.1. The van der Waals surface area contributed by atoms with Gasteiger partial charge in [0.1, 0.15) is 72.2 Å². The Labute approximate surface area is 820 Å². The summed E-state index contributed by atoms with van der Waals surface area (Å²) >= 11 is 8.67. The zero-order valence-corrected chi connectivity index (χ0v) is 80.6. The number of aromatic amines is 1. The first-order valence-electron chi connectivity index (χ1n) is 46.4. The standard InChI is InChI=1S/C101H123N11O26S2/c1-55-75(49-101(132)87(137-96(130)64-37-22-13-23-38-64)85-99(8,76(118)48-77-100(85,54-133-77)138-59(5)117)86(121)83(134-58(4)116)80(55)98(101,6)7)135-97(131)84(82(62-33-18-11-19-34-62)112-88(122)63-35-20-12-21-36-63)136-79(120)43-28-42-78(119)104-69(45-60-29-14-9-15-30-60)90(124)109-73(52-139)93(127)106-70(46-61-31-16-10-17-32-61)91(125)107-71(47-65-50-103-67-40-25-24-39-66(65)67)92(126)105-68(41-26-27-44-102)89(123)111-81(57(3)115)95(129)110-74(53-140)94(128)108-72(51-113)56(2)114/h9-25,29-40,50,56-57,68-77,81-85,87,103,113-115,118,132,139-140H,26-28,41-49,51-54,102H2,1-8H3,(H,104,119)(H,105,126)(H,106,127)(H,107,125)(H,108,128)(H,109,124)(H,110,129)(H,111,123)(H,112,122)/t56-,57-,68+,69-,70+,71-,72-,73+,74+,75+,76+,77-,81+,82+,83-,84-,85?,87+,99-,100+,101-/m1/s1. The van der Waals surface area contributed by atoms with Crippen molar-refractivity contribution in [3.8, 4) is 0 Å². The van der Waals surface area contributed by atoms with Crippen molar-refractivity contribution in [1.82, 2.24) is 52.8 Å². The van der Waals surface area contributed by atoms with Gasteiger partial charge in [0.2, 0.25) is 53.4 Å². The Hall–Kier alpha value is -12.7. The lowest BCUT2D eigenvalue weighted by Gasteiger charge is -2.67. The number of nitrogens with one attached hydrogen (secondary N) is 10. The van der Waals surface area contributed by atoms with Crippen molar-refractivity contribution in [1.29, 1.82) is 0 Å². The zero-order valence-electron chi connectivity index (χ0n) is 78.8. The van der Waals surface area contributed by atoms with Crippen molar-refractivity contribution in [2.75, 3.05) is 31.3 Å². The summed E-state index contributed by atoms with van der Waals surface area (Å²) in [7, 11) is 0. The Balaban J connectivity index is 0.842. The first-order chi connectivity index (χ1) is 66.7. The second kappa shape index (κ2) is 48.4. The molecule has 37 nitrogen and oxygen atoms in total. The van der Waals surface area contributed by atoms with Crippen LogP contribution in [0.4, 0.5) is 0 Å². The predicted molar refractivity (Wildman–Crippen MR) is 514 cm³/mol. The summed E-state index contributed by atoms with van der Waals surface area (Å²) in [6, 6.07) is 33.6. The lowest BCUT2D eigenvalue weighted by molar-refractivity contribution is -0.346. The maximum absolute atomic E-state index is 16.1. The van der Waals surface area contributed by atoms with Gasteiger partial charge in [-0.3, -0.25) is 62.3 Å². The lowest BCUT2D eigenvalue weighted by atomic mass is 9.44. The number of esters is 5. The summed E-state index contributed by atoms with van der Waals surface area (Å²) in [5.41, 5.74) is -0.482. The number of fused-ring (bicyclic) bond motifs is 6. The third-order valence-electron chi connectivity index (χ3n) is 26.5. The molecule has 17 N–H and O–H groups in total. The molecule has 39 heteroatoms. The molecule has 2 bridgehead atoms. The van der Waals surface area contributed by atoms with Crippen LogP contribution in [0, 0.1) is 16.7 Å². The molecule has 4 aliphatic rings. The molecular formula is C101H123N11O26S2. The van der Waals surface area contributed by atoms with Gasteiger partial charge >= 0.3 is 29.8 Å². The van der Waals surface area contributed by atoms with Gasteiger partial charge in [0.15, 0.2) is 17.5 Å². The number of aliphatic hydroxyl groups is 5. The number of carbonyl (C=O) groups is 15. The summed E-state index contributed by atoms with van der Waals surface area (Å²) in [4.78, 5) is 223. The average Bonchev–Trinajstić information content (AvgIpc) is 0.695. The molecule has 1 saturated heterocycles. The number of Topliss-reactive ketones (excluding diaryl/α,β-unsaturated/α-hetero) is 1. The van der Waals surface area contributed by atoms with Gasteiger partial charge in [-0.2, -0.15) is 25.3 Å². The van der Waals surface area contributed by atoms with Crippen LogP contribution in [-0.2, 0) is 110 Å². The van der Waals surface area contributed by atoms with E-state index in [1.54, 1.807) is 146 Å². The van der Waals surface area contributed by atoms with Crippen molar-refractivity contribution in [2.24, 2.45) is 22.5 Å². The lowest BCUT2D eigenvalue weighted by Crippen LogP contribution is -2.82. The molecule has 3 aliphatic carbocycles. The number of ketones is 1. The molecule has 6 aromatic carbocycles. The molecule has 7 aromatic rings. The third-order valence-corrected chi connectivity index (χ3v) is 27.2. The Bertz CT molecular complexity index is 5630. The molecule has 3 fully saturated rings. The van der Waals surface area contributed by atoms with Gasteiger partial charge in [0.05, 0.1) is 54.5 Å². The number of aromatic nitrogens is 1. The topological polar surface area (TPSA) is 563 Å². The van der Waals surface area contributed by atoms with E-state index in [2.05, 4.69) is 78.1 Å². The number of rotatable bonds is 45. The highest BCUT2D eigenvalue weighted by atomic mass is 32.1. The Morgan fingerprint density at radius 1 is 0.571 bits per heavy atom. The molecule has 2 saturated carbocycles. The summed E-state index contributed by atoms with van der Waals surface area (Å²) in [6.45, 7) is 9.49. The summed E-state index contributed by atoms with van der Waals surface area (Å²) in [6.07, 6.45) is -14.8. The monoisotopic (exact) mass is 1970 g/mol. The van der Waals surface area contributed by atoms with Crippen molar-refractivity contribution in [3.63, 3.8) is 0 Å². The van der Waals surface area contributed by atoms with Crippen molar-refractivity contribution in [2.45, 2.75) is 240 Å². The van der Waals surface area contributed by atoms with Gasteiger partial charge in [-0.1, -0.05) is 159 Å². The van der Waals surface area contributed by atoms with Gasteiger partial charge in [-0.15, -0.1) is 0 Å². The van der Waals surface area contributed by atoms with E-state index in [1.807, 2.05) is 0 Å². The van der Waals surface area contributed by atoms with Crippen LogP contribution in [0.15, 0.2) is 193 Å². The number of unbranched alkanes of at least 4 members (excludes halogenated alkanes) is 1. The van der Waals surface area contributed by atoms with Crippen LogP contribution in [0.2, 0.25) is 0 Å². The first kappa shape index (κ1) is 108. The number of hydrogen-bond donors (Lipinski definition) is 18. The van der Waals surface area contributed by atoms with Gasteiger partial charge in [0, 0.05) is 98.4 Å². The van der Waals surface area contributed by atoms with E-state index in [1.165, 1.54) is 77.9 Å². The molecule has 750 valence electrons. The molecule has 0 radical (unpaired) electrons. The minimum Gasteiger partial charge on any atom is -0.455 e. The molecular weight excluding hydrogens is 1850 g/mol. The van der Waals surface area contributed by atoms with E-state index in [0.29, 0.717) is 34.0 Å². The fourth-order valence-corrected chi connectivity index (χ4v) is 19.3. The number of amides is 9. The second-order valence-corrected chi connectivity index (χ2v) is 37.2. The number of nitrogens with two attached hydrogens (primary N) is 1. The van der Waals surface area contributed by atoms with Crippen LogP contribution in [0.5, 0.6) is 0 Å². The average molecular weight is 1970 g/mol. The van der Waals surface area contributed by atoms with Crippen LogP contribution in [0.1, 0.15) is 156 Å².